The minimum Gasteiger partial charge on any atom is -0.255 e. The Morgan fingerprint density at radius 3 is 2.00 bits per heavy atom. The molecule has 0 aliphatic rings. The maximum Gasteiger partial charge on any atom is 0.108 e. The molecule has 3 rings (SSSR count). The monoisotopic (exact) mass is 267 g/mol. The van der Waals surface area contributed by atoms with Gasteiger partial charge in [-0.15, -0.1) is 0 Å². The maximum atomic E-state index is 6.20. The summed E-state index contributed by atoms with van der Waals surface area (Å²) in [6.45, 7) is 0. The van der Waals surface area contributed by atoms with Gasteiger partial charge in [0.2, 0.25) is 0 Å². The molecule has 0 bridgehead atoms. The fourth-order valence-electron chi connectivity index (χ4n) is 1.78. The molecule has 0 saturated carbocycles. The highest BCUT2D eigenvalue weighted by atomic mass is 35.5. The third-order valence-electron chi connectivity index (χ3n) is 2.68. The molecule has 0 spiro atoms. The Bertz CT molecular complexity index is 684. The number of rotatable bonds is 2. The van der Waals surface area contributed by atoms with Crippen molar-refractivity contribution in [2.45, 2.75) is 0 Å². The van der Waals surface area contributed by atoms with Gasteiger partial charge in [-0.25, -0.2) is 4.98 Å². The van der Waals surface area contributed by atoms with Gasteiger partial charge in [0.15, 0.2) is 0 Å². The lowest BCUT2D eigenvalue weighted by atomic mass is 10.2. The summed E-state index contributed by atoms with van der Waals surface area (Å²) in [5.74, 6) is 0. The molecule has 0 aromatic carbocycles. The van der Waals surface area contributed by atoms with Crippen LogP contribution in [0.5, 0.6) is 0 Å². The second kappa shape index (κ2) is 5.16. The van der Waals surface area contributed by atoms with Crippen molar-refractivity contribution in [2.24, 2.45) is 0 Å². The maximum absolute atomic E-state index is 6.20. The minimum atomic E-state index is 0.582. The van der Waals surface area contributed by atoms with E-state index in [1.807, 2.05) is 48.5 Å². The van der Waals surface area contributed by atoms with E-state index in [2.05, 4.69) is 15.0 Å². The number of aromatic nitrogens is 3. The Hall–Kier alpha value is -2.26. The van der Waals surface area contributed by atoms with Crippen molar-refractivity contribution < 1.29 is 0 Å². The van der Waals surface area contributed by atoms with E-state index >= 15 is 0 Å². The standard InChI is InChI=1S/C15H10ClN3/c16-11-7-8-13(12-5-1-3-9-17-12)19-15(11)14-6-2-4-10-18-14/h1-10H. The number of hydrogen-bond acceptors (Lipinski definition) is 3. The van der Waals surface area contributed by atoms with Crippen LogP contribution in [-0.2, 0) is 0 Å². The molecule has 3 aromatic rings. The van der Waals surface area contributed by atoms with E-state index in [9.17, 15) is 0 Å². The van der Waals surface area contributed by atoms with Crippen LogP contribution in [0.25, 0.3) is 22.8 Å². The number of nitrogens with zero attached hydrogens (tertiary/aromatic N) is 3. The lowest BCUT2D eigenvalue weighted by Crippen LogP contribution is -1.92. The zero-order valence-corrected chi connectivity index (χ0v) is 10.7. The summed E-state index contributed by atoms with van der Waals surface area (Å²) in [6.07, 6.45) is 3.47. The summed E-state index contributed by atoms with van der Waals surface area (Å²) in [6, 6.07) is 15.1. The van der Waals surface area contributed by atoms with E-state index in [1.54, 1.807) is 12.4 Å². The summed E-state index contributed by atoms with van der Waals surface area (Å²) in [7, 11) is 0. The van der Waals surface area contributed by atoms with Crippen LogP contribution in [0.3, 0.4) is 0 Å². The molecule has 0 unspecified atom stereocenters. The molecule has 0 aliphatic carbocycles. The van der Waals surface area contributed by atoms with Gasteiger partial charge in [-0.2, -0.15) is 0 Å². The van der Waals surface area contributed by atoms with Gasteiger partial charge in [-0.3, -0.25) is 9.97 Å². The number of pyridine rings is 3. The van der Waals surface area contributed by atoms with Crippen molar-refractivity contribution in [2.75, 3.05) is 0 Å². The van der Waals surface area contributed by atoms with E-state index < -0.39 is 0 Å². The first-order valence-corrected chi connectivity index (χ1v) is 6.22. The molecule has 0 aliphatic heterocycles. The number of halogens is 1. The van der Waals surface area contributed by atoms with Crippen LogP contribution in [0.2, 0.25) is 5.02 Å². The lowest BCUT2D eigenvalue weighted by Gasteiger charge is -2.05. The third-order valence-corrected chi connectivity index (χ3v) is 2.99. The van der Waals surface area contributed by atoms with Gasteiger partial charge >= 0.3 is 0 Å². The Morgan fingerprint density at radius 2 is 1.37 bits per heavy atom. The van der Waals surface area contributed by atoms with Crippen LogP contribution < -0.4 is 0 Å². The highest BCUT2D eigenvalue weighted by molar-refractivity contribution is 6.33. The van der Waals surface area contributed by atoms with E-state index in [1.165, 1.54) is 0 Å². The van der Waals surface area contributed by atoms with Crippen molar-refractivity contribution in [1.29, 1.82) is 0 Å². The van der Waals surface area contributed by atoms with Gasteiger partial charge in [0.05, 0.1) is 22.1 Å². The van der Waals surface area contributed by atoms with Crippen LogP contribution in [0.15, 0.2) is 60.9 Å². The van der Waals surface area contributed by atoms with Crippen molar-refractivity contribution in [3.8, 4) is 22.8 Å². The van der Waals surface area contributed by atoms with Crippen LogP contribution in [0.1, 0.15) is 0 Å². The molecule has 0 amide bonds. The molecule has 19 heavy (non-hydrogen) atoms. The molecule has 4 heteroatoms. The van der Waals surface area contributed by atoms with Gasteiger partial charge in [0.25, 0.3) is 0 Å². The first-order valence-electron chi connectivity index (χ1n) is 5.84. The smallest absolute Gasteiger partial charge is 0.108 e. The summed E-state index contributed by atoms with van der Waals surface area (Å²) in [4.78, 5) is 13.1. The van der Waals surface area contributed by atoms with Crippen molar-refractivity contribution in [1.82, 2.24) is 15.0 Å². The number of hydrogen-bond donors (Lipinski definition) is 0. The first-order chi connectivity index (χ1) is 9.34. The average Bonchev–Trinajstić information content (AvgIpc) is 2.49. The van der Waals surface area contributed by atoms with Gasteiger partial charge in [-0.1, -0.05) is 23.7 Å². The summed E-state index contributed by atoms with van der Waals surface area (Å²) >= 11 is 6.20. The molecular formula is C15H10ClN3. The minimum absolute atomic E-state index is 0.582. The molecule has 92 valence electrons. The van der Waals surface area contributed by atoms with E-state index in [4.69, 9.17) is 11.6 Å². The second-order valence-electron chi connectivity index (χ2n) is 3.96. The van der Waals surface area contributed by atoms with Crippen molar-refractivity contribution in [3.63, 3.8) is 0 Å². The van der Waals surface area contributed by atoms with Gasteiger partial charge in [0.1, 0.15) is 5.69 Å². The zero-order valence-electron chi connectivity index (χ0n) is 9.99. The molecule has 0 fully saturated rings. The Balaban J connectivity index is 2.12. The normalized spacial score (nSPS) is 10.4. The van der Waals surface area contributed by atoms with Gasteiger partial charge < -0.3 is 0 Å². The molecule has 3 aromatic heterocycles. The van der Waals surface area contributed by atoms with Crippen LogP contribution in [-0.4, -0.2) is 15.0 Å². The summed E-state index contributed by atoms with van der Waals surface area (Å²) < 4.78 is 0. The zero-order chi connectivity index (χ0) is 13.1. The SMILES string of the molecule is Clc1ccc(-c2ccccn2)nc1-c1ccccn1. The van der Waals surface area contributed by atoms with Crippen LogP contribution in [0.4, 0.5) is 0 Å². The Kier molecular flexibility index (Phi) is 3.21. The molecule has 3 heterocycles. The van der Waals surface area contributed by atoms with Crippen molar-refractivity contribution >= 4 is 11.6 Å². The summed E-state index contributed by atoms with van der Waals surface area (Å²) in [5, 5.41) is 0.582. The first kappa shape index (κ1) is 11.8. The predicted molar refractivity (Wildman–Crippen MR) is 75.7 cm³/mol. The van der Waals surface area contributed by atoms with E-state index in [0.29, 0.717) is 10.7 Å². The average molecular weight is 268 g/mol. The van der Waals surface area contributed by atoms with E-state index in [-0.39, 0.29) is 0 Å². The quantitative estimate of drug-likeness (QED) is 0.708. The molecule has 0 radical (unpaired) electrons. The molecule has 0 N–H and O–H groups in total. The largest absolute Gasteiger partial charge is 0.255 e. The molecule has 0 saturated heterocycles. The van der Waals surface area contributed by atoms with Gasteiger partial charge in [-0.05, 0) is 36.4 Å². The Morgan fingerprint density at radius 1 is 0.684 bits per heavy atom. The van der Waals surface area contributed by atoms with Crippen LogP contribution in [0, 0.1) is 0 Å². The predicted octanol–water partition coefficient (Wildman–Crippen LogP) is 3.86. The van der Waals surface area contributed by atoms with Crippen LogP contribution >= 0.6 is 11.6 Å². The molecule has 0 atom stereocenters. The van der Waals surface area contributed by atoms with E-state index in [0.717, 1.165) is 17.1 Å². The molecular weight excluding hydrogens is 258 g/mol. The molecule has 3 nitrogen and oxygen atoms in total. The van der Waals surface area contributed by atoms with Gasteiger partial charge in [0, 0.05) is 12.4 Å². The highest BCUT2D eigenvalue weighted by Gasteiger charge is 2.09. The second-order valence-corrected chi connectivity index (χ2v) is 4.36. The lowest BCUT2D eigenvalue weighted by molar-refractivity contribution is 1.22. The van der Waals surface area contributed by atoms with Crippen molar-refractivity contribution in [3.05, 3.63) is 65.9 Å². The highest BCUT2D eigenvalue weighted by Crippen LogP contribution is 2.27. The summed E-state index contributed by atoms with van der Waals surface area (Å²) in [5.41, 5.74) is 3.03. The Labute approximate surface area is 116 Å². The third kappa shape index (κ3) is 2.46. The fraction of sp³-hybridized carbons (Fsp3) is 0. The topological polar surface area (TPSA) is 38.7 Å². The fourth-order valence-corrected chi connectivity index (χ4v) is 1.98.